The smallest absolute Gasteiger partial charge is 0.186 e. The molecule has 0 bridgehead atoms. The molecule has 1 aromatic rings. The van der Waals surface area contributed by atoms with Gasteiger partial charge < -0.3 is 9.94 Å². The van der Waals surface area contributed by atoms with Crippen LogP contribution in [0.15, 0.2) is 18.5 Å². The molecule has 0 aliphatic rings. The van der Waals surface area contributed by atoms with E-state index in [-0.39, 0.29) is 0 Å². The van der Waals surface area contributed by atoms with Crippen molar-refractivity contribution >= 4 is 0 Å². The Kier molecular flexibility index (Phi) is 2.31. The molecule has 0 radical (unpaired) electrons. The van der Waals surface area contributed by atoms with Crippen LogP contribution in [0, 0.1) is 12.1 Å². The number of pyridine rings is 1. The number of aromatic nitrogens is 1. The lowest BCUT2D eigenvalue weighted by molar-refractivity contribution is -0.605. The van der Waals surface area contributed by atoms with Gasteiger partial charge >= 0.3 is 0 Å². The van der Waals surface area contributed by atoms with E-state index in [0.29, 0.717) is 6.61 Å². The van der Waals surface area contributed by atoms with Gasteiger partial charge in [-0.2, -0.15) is 4.73 Å². The topological polar surface area (TPSA) is 36.2 Å². The van der Waals surface area contributed by atoms with Crippen molar-refractivity contribution in [1.29, 1.82) is 0 Å². The Morgan fingerprint density at radius 2 is 2.36 bits per heavy atom. The summed E-state index contributed by atoms with van der Waals surface area (Å²) in [6.07, 6.45) is 2.92. The summed E-state index contributed by atoms with van der Waals surface area (Å²) >= 11 is 0. The number of hydrogen-bond donors (Lipinski definition) is 0. The molecule has 3 nitrogen and oxygen atoms in total. The van der Waals surface area contributed by atoms with Crippen LogP contribution in [-0.2, 0) is 0 Å². The van der Waals surface area contributed by atoms with Crippen molar-refractivity contribution in [2.75, 3.05) is 6.61 Å². The van der Waals surface area contributed by atoms with E-state index in [0.717, 1.165) is 16.0 Å². The fourth-order valence-corrected chi connectivity index (χ4v) is 0.888. The maximum atomic E-state index is 10.7. The van der Waals surface area contributed by atoms with Gasteiger partial charge in [-0.05, 0) is 13.8 Å². The number of nitrogens with zero attached hydrogens (tertiary/aromatic N) is 1. The Balaban J connectivity index is 2.90. The molecule has 11 heavy (non-hydrogen) atoms. The molecule has 0 atom stereocenters. The second-order valence-corrected chi connectivity index (χ2v) is 2.29. The maximum Gasteiger partial charge on any atom is 0.186 e. The average molecular weight is 153 g/mol. The summed E-state index contributed by atoms with van der Waals surface area (Å²) in [5.41, 5.74) is 0.865. The SMILES string of the molecule is CCOc1cc[n+]([O-])cc1C. The van der Waals surface area contributed by atoms with Crippen molar-refractivity contribution in [3.05, 3.63) is 29.2 Å². The first-order chi connectivity index (χ1) is 5.24. The van der Waals surface area contributed by atoms with Crippen molar-refractivity contribution < 1.29 is 9.47 Å². The third-order valence-corrected chi connectivity index (χ3v) is 1.38. The van der Waals surface area contributed by atoms with Crippen LogP contribution in [-0.4, -0.2) is 6.61 Å². The maximum absolute atomic E-state index is 10.7. The van der Waals surface area contributed by atoms with Crippen molar-refractivity contribution in [2.45, 2.75) is 13.8 Å². The molecule has 0 saturated carbocycles. The zero-order valence-electron chi connectivity index (χ0n) is 6.70. The number of ether oxygens (including phenoxy) is 1. The molecule has 0 aromatic carbocycles. The van der Waals surface area contributed by atoms with Gasteiger partial charge in [0.2, 0.25) is 0 Å². The Labute approximate surface area is 65.8 Å². The summed E-state index contributed by atoms with van der Waals surface area (Å²) in [6.45, 7) is 4.39. The van der Waals surface area contributed by atoms with E-state index in [1.807, 2.05) is 13.8 Å². The Morgan fingerprint density at radius 3 is 2.91 bits per heavy atom. The fraction of sp³-hybridized carbons (Fsp3) is 0.375. The third kappa shape index (κ3) is 1.83. The first-order valence-corrected chi connectivity index (χ1v) is 3.56. The van der Waals surface area contributed by atoms with E-state index in [9.17, 15) is 5.21 Å². The van der Waals surface area contributed by atoms with Crippen molar-refractivity contribution in [3.63, 3.8) is 0 Å². The quantitative estimate of drug-likeness (QED) is 0.470. The van der Waals surface area contributed by atoms with Gasteiger partial charge in [0.05, 0.1) is 12.2 Å². The summed E-state index contributed by atoms with van der Waals surface area (Å²) < 4.78 is 6.00. The highest BCUT2D eigenvalue weighted by Gasteiger charge is 2.00. The average Bonchev–Trinajstić information content (AvgIpc) is 1.95. The Hall–Kier alpha value is -1.25. The number of aryl methyl sites for hydroxylation is 1. The van der Waals surface area contributed by atoms with Crippen LogP contribution in [0.4, 0.5) is 0 Å². The second kappa shape index (κ2) is 3.23. The highest BCUT2D eigenvalue weighted by atomic mass is 16.5. The van der Waals surface area contributed by atoms with Gasteiger partial charge in [-0.3, -0.25) is 0 Å². The normalized spacial score (nSPS) is 9.64. The number of hydrogen-bond acceptors (Lipinski definition) is 2. The van der Waals surface area contributed by atoms with Crippen LogP contribution in [0.5, 0.6) is 5.75 Å². The van der Waals surface area contributed by atoms with Crippen LogP contribution in [0.1, 0.15) is 12.5 Å². The van der Waals surface area contributed by atoms with Crippen molar-refractivity contribution in [3.8, 4) is 5.75 Å². The van der Waals surface area contributed by atoms with Crippen molar-refractivity contribution in [1.82, 2.24) is 0 Å². The summed E-state index contributed by atoms with van der Waals surface area (Å²) in [5, 5.41) is 10.7. The molecule has 0 unspecified atom stereocenters. The molecule has 0 aliphatic carbocycles. The molecule has 0 spiro atoms. The van der Waals surface area contributed by atoms with Crippen molar-refractivity contribution in [2.24, 2.45) is 0 Å². The van der Waals surface area contributed by atoms with Gasteiger partial charge in [-0.1, -0.05) is 0 Å². The zero-order chi connectivity index (χ0) is 8.27. The molecular formula is C8H11NO2. The van der Waals surface area contributed by atoms with E-state index < -0.39 is 0 Å². The van der Waals surface area contributed by atoms with Crippen LogP contribution in [0.25, 0.3) is 0 Å². The predicted octanol–water partition coefficient (Wildman–Crippen LogP) is 1.03. The standard InChI is InChI=1S/C8H11NO2/c1-3-11-8-4-5-9(10)6-7(8)2/h4-6H,3H2,1-2H3. The predicted molar refractivity (Wildman–Crippen MR) is 41.3 cm³/mol. The third-order valence-electron chi connectivity index (χ3n) is 1.38. The van der Waals surface area contributed by atoms with Crippen LogP contribution < -0.4 is 9.47 Å². The van der Waals surface area contributed by atoms with E-state index in [1.54, 1.807) is 6.07 Å². The molecule has 0 saturated heterocycles. The van der Waals surface area contributed by atoms with Crippen LogP contribution in [0.3, 0.4) is 0 Å². The second-order valence-electron chi connectivity index (χ2n) is 2.29. The minimum Gasteiger partial charge on any atom is -0.619 e. The largest absolute Gasteiger partial charge is 0.619 e. The summed E-state index contributed by atoms with van der Waals surface area (Å²) in [7, 11) is 0. The van der Waals surface area contributed by atoms with Gasteiger partial charge in [0.15, 0.2) is 12.4 Å². The number of rotatable bonds is 2. The van der Waals surface area contributed by atoms with Gasteiger partial charge in [-0.25, -0.2) is 0 Å². The van der Waals surface area contributed by atoms with Gasteiger partial charge in [-0.15, -0.1) is 0 Å². The zero-order valence-corrected chi connectivity index (χ0v) is 6.70. The lowest BCUT2D eigenvalue weighted by Crippen LogP contribution is -2.24. The first-order valence-electron chi connectivity index (χ1n) is 3.56. The van der Waals surface area contributed by atoms with Crippen LogP contribution >= 0.6 is 0 Å². The highest BCUT2D eigenvalue weighted by molar-refractivity contribution is 5.26. The lowest BCUT2D eigenvalue weighted by Gasteiger charge is -2.04. The first kappa shape index (κ1) is 7.85. The van der Waals surface area contributed by atoms with E-state index >= 15 is 0 Å². The minimum atomic E-state index is 0.629. The molecule has 0 N–H and O–H groups in total. The minimum absolute atomic E-state index is 0.629. The molecular weight excluding hydrogens is 142 g/mol. The highest BCUT2D eigenvalue weighted by Crippen LogP contribution is 2.13. The molecule has 60 valence electrons. The summed E-state index contributed by atoms with van der Waals surface area (Å²) in [5.74, 6) is 0.777. The Morgan fingerprint density at radius 1 is 1.64 bits per heavy atom. The molecule has 1 rings (SSSR count). The molecule has 0 aliphatic heterocycles. The van der Waals surface area contributed by atoms with Gasteiger partial charge in [0.1, 0.15) is 5.75 Å². The fourth-order valence-electron chi connectivity index (χ4n) is 0.888. The van der Waals surface area contributed by atoms with E-state index in [1.165, 1.54) is 12.4 Å². The van der Waals surface area contributed by atoms with E-state index in [4.69, 9.17) is 4.74 Å². The monoisotopic (exact) mass is 153 g/mol. The summed E-state index contributed by atoms with van der Waals surface area (Å²) in [6, 6.07) is 1.67. The molecule has 0 fully saturated rings. The van der Waals surface area contributed by atoms with Gasteiger partial charge in [0.25, 0.3) is 0 Å². The Bertz CT molecular complexity index is 248. The molecule has 0 amide bonds. The van der Waals surface area contributed by atoms with E-state index in [2.05, 4.69) is 0 Å². The van der Waals surface area contributed by atoms with Crippen LogP contribution in [0.2, 0.25) is 0 Å². The van der Waals surface area contributed by atoms with Gasteiger partial charge in [0, 0.05) is 6.07 Å². The molecule has 1 heterocycles. The molecule has 3 heteroatoms. The molecule has 1 aromatic heterocycles. The lowest BCUT2D eigenvalue weighted by atomic mass is 10.3. The summed E-state index contributed by atoms with van der Waals surface area (Å²) in [4.78, 5) is 0.